The highest BCUT2D eigenvalue weighted by Gasteiger charge is 2.23. The Labute approximate surface area is 98.3 Å². The Morgan fingerprint density at radius 2 is 2.18 bits per heavy atom. The van der Waals surface area contributed by atoms with Crippen molar-refractivity contribution in [2.45, 2.75) is 13.0 Å². The predicted molar refractivity (Wildman–Crippen MR) is 63.8 cm³/mol. The van der Waals surface area contributed by atoms with E-state index in [1.54, 1.807) is 0 Å². The maximum absolute atomic E-state index is 5.83. The second-order valence-corrected chi connectivity index (χ2v) is 4.25. The summed E-state index contributed by atoms with van der Waals surface area (Å²) in [5, 5.41) is 7.77. The third-order valence-corrected chi connectivity index (χ3v) is 3.10. The van der Waals surface area contributed by atoms with E-state index >= 15 is 0 Å². The van der Waals surface area contributed by atoms with E-state index < -0.39 is 0 Å². The molecule has 1 aromatic carbocycles. The lowest BCUT2D eigenvalue weighted by atomic mass is 10.1. The van der Waals surface area contributed by atoms with Crippen LogP contribution in [0.15, 0.2) is 16.8 Å². The van der Waals surface area contributed by atoms with Crippen molar-refractivity contribution in [2.75, 3.05) is 30.4 Å². The van der Waals surface area contributed by atoms with Crippen LogP contribution in [0.4, 0.5) is 11.4 Å². The summed E-state index contributed by atoms with van der Waals surface area (Å²) in [5.41, 5.74) is 8.77. The molecule has 90 valence electrons. The maximum Gasteiger partial charge on any atom is 0.160 e. The number of hydrogen-bond acceptors (Lipinski definition) is 6. The van der Waals surface area contributed by atoms with E-state index in [0.29, 0.717) is 17.2 Å². The summed E-state index contributed by atoms with van der Waals surface area (Å²) < 4.78 is 10.2. The molecule has 0 bridgehead atoms. The molecule has 1 aliphatic heterocycles. The van der Waals surface area contributed by atoms with Crippen molar-refractivity contribution in [3.8, 4) is 0 Å². The fourth-order valence-electron chi connectivity index (χ4n) is 2.19. The minimum atomic E-state index is 0.312. The fourth-order valence-corrected chi connectivity index (χ4v) is 2.19. The fraction of sp³-hybridized carbons (Fsp3) is 0.455. The van der Waals surface area contributed by atoms with Gasteiger partial charge in [-0.2, -0.15) is 0 Å². The van der Waals surface area contributed by atoms with E-state index in [2.05, 4.69) is 22.1 Å². The molecule has 0 saturated carbocycles. The third-order valence-electron chi connectivity index (χ3n) is 3.10. The molecule has 2 N–H and O–H groups in total. The molecule has 0 spiro atoms. The Kier molecular flexibility index (Phi) is 2.36. The van der Waals surface area contributed by atoms with Crippen molar-refractivity contribution < 1.29 is 9.37 Å². The highest BCUT2D eigenvalue weighted by molar-refractivity contribution is 5.95. The molecule has 2 heterocycles. The number of nitrogens with two attached hydrogens (primary N) is 1. The highest BCUT2D eigenvalue weighted by Crippen LogP contribution is 2.30. The quantitative estimate of drug-likeness (QED) is 0.742. The van der Waals surface area contributed by atoms with Crippen LogP contribution in [0.5, 0.6) is 0 Å². The summed E-state index contributed by atoms with van der Waals surface area (Å²) in [5.74, 6) is 0. The smallest absolute Gasteiger partial charge is 0.160 e. The summed E-state index contributed by atoms with van der Waals surface area (Å²) in [6.07, 6.45) is 0. The Hall–Kier alpha value is -1.82. The molecular weight excluding hydrogens is 220 g/mol. The zero-order valence-corrected chi connectivity index (χ0v) is 9.59. The zero-order valence-electron chi connectivity index (χ0n) is 9.59. The Balaban J connectivity index is 2.10. The summed E-state index contributed by atoms with van der Waals surface area (Å²) in [4.78, 5) is 2.25. The molecular formula is C11H14N4O2. The summed E-state index contributed by atoms with van der Waals surface area (Å²) in [7, 11) is 0. The average molecular weight is 234 g/mol. The van der Waals surface area contributed by atoms with Crippen molar-refractivity contribution in [2.24, 2.45) is 0 Å². The molecule has 2 aromatic rings. The van der Waals surface area contributed by atoms with E-state index in [-0.39, 0.29) is 0 Å². The van der Waals surface area contributed by atoms with Crippen LogP contribution in [0.2, 0.25) is 0 Å². The van der Waals surface area contributed by atoms with Crippen LogP contribution >= 0.6 is 0 Å². The van der Waals surface area contributed by atoms with Gasteiger partial charge in [0.25, 0.3) is 0 Å². The minimum absolute atomic E-state index is 0.312. The number of morpholine rings is 1. The normalized spacial score (nSPS) is 21.0. The molecule has 6 nitrogen and oxygen atoms in total. The first-order valence-corrected chi connectivity index (χ1v) is 5.62. The van der Waals surface area contributed by atoms with Crippen LogP contribution in [0.3, 0.4) is 0 Å². The molecule has 0 radical (unpaired) electrons. The molecule has 1 fully saturated rings. The summed E-state index contributed by atoms with van der Waals surface area (Å²) in [6, 6.07) is 4.11. The van der Waals surface area contributed by atoms with Crippen LogP contribution in [-0.4, -0.2) is 36.1 Å². The van der Waals surface area contributed by atoms with E-state index in [9.17, 15) is 0 Å². The summed E-state index contributed by atoms with van der Waals surface area (Å²) >= 11 is 0. The standard InChI is InChI=1S/C11H14N4O2/c1-7-6-16-5-4-15(7)9-3-2-8(12)10-11(9)14-17-13-10/h2-3,7H,4-6,12H2,1H3. The topological polar surface area (TPSA) is 77.4 Å². The number of fused-ring (bicyclic) bond motifs is 1. The van der Waals surface area contributed by atoms with Crippen LogP contribution in [0, 0.1) is 0 Å². The van der Waals surface area contributed by atoms with Gasteiger partial charge in [0.1, 0.15) is 0 Å². The molecule has 1 unspecified atom stereocenters. The molecule has 1 aromatic heterocycles. The number of aromatic nitrogens is 2. The minimum Gasteiger partial charge on any atom is -0.397 e. The monoisotopic (exact) mass is 234 g/mol. The SMILES string of the molecule is CC1COCCN1c1ccc(N)c2nonc12. The van der Waals surface area contributed by atoms with Gasteiger partial charge in [-0.1, -0.05) is 0 Å². The maximum atomic E-state index is 5.83. The van der Waals surface area contributed by atoms with E-state index in [1.807, 2.05) is 12.1 Å². The van der Waals surface area contributed by atoms with Gasteiger partial charge in [-0.15, -0.1) is 0 Å². The summed E-state index contributed by atoms with van der Waals surface area (Å²) in [6.45, 7) is 4.40. The molecule has 1 aliphatic rings. The lowest BCUT2D eigenvalue weighted by Gasteiger charge is -2.35. The van der Waals surface area contributed by atoms with Crippen LogP contribution < -0.4 is 10.6 Å². The molecule has 1 atom stereocenters. The highest BCUT2D eigenvalue weighted by atomic mass is 16.6. The first-order valence-electron chi connectivity index (χ1n) is 5.62. The Morgan fingerprint density at radius 3 is 3.00 bits per heavy atom. The first-order chi connectivity index (χ1) is 8.27. The van der Waals surface area contributed by atoms with Crippen molar-refractivity contribution in [3.63, 3.8) is 0 Å². The van der Waals surface area contributed by atoms with Crippen molar-refractivity contribution in [1.29, 1.82) is 0 Å². The second kappa shape index (κ2) is 3.89. The van der Waals surface area contributed by atoms with Gasteiger partial charge in [-0.05, 0) is 29.4 Å². The lowest BCUT2D eigenvalue weighted by molar-refractivity contribution is 0.0990. The van der Waals surface area contributed by atoms with Gasteiger partial charge < -0.3 is 15.4 Å². The van der Waals surface area contributed by atoms with Crippen molar-refractivity contribution in [1.82, 2.24) is 10.3 Å². The number of nitrogen functional groups attached to an aromatic ring is 1. The van der Waals surface area contributed by atoms with E-state index in [4.69, 9.17) is 15.1 Å². The van der Waals surface area contributed by atoms with Gasteiger partial charge in [0.05, 0.1) is 24.6 Å². The molecule has 0 aliphatic carbocycles. The number of rotatable bonds is 1. The number of nitrogens with zero attached hydrogens (tertiary/aromatic N) is 3. The van der Waals surface area contributed by atoms with Gasteiger partial charge in [0, 0.05) is 12.6 Å². The molecule has 6 heteroatoms. The largest absolute Gasteiger partial charge is 0.397 e. The predicted octanol–water partition coefficient (Wildman–Crippen LogP) is 1.03. The third kappa shape index (κ3) is 1.61. The molecule has 17 heavy (non-hydrogen) atoms. The molecule has 3 rings (SSSR count). The number of hydrogen-bond donors (Lipinski definition) is 1. The zero-order chi connectivity index (χ0) is 11.8. The van der Waals surface area contributed by atoms with Gasteiger partial charge >= 0.3 is 0 Å². The molecule has 1 saturated heterocycles. The van der Waals surface area contributed by atoms with Crippen LogP contribution in [-0.2, 0) is 4.74 Å². The molecule has 0 amide bonds. The van der Waals surface area contributed by atoms with Crippen molar-refractivity contribution >= 4 is 22.4 Å². The Morgan fingerprint density at radius 1 is 1.35 bits per heavy atom. The second-order valence-electron chi connectivity index (χ2n) is 4.25. The van der Waals surface area contributed by atoms with Gasteiger partial charge in [0.15, 0.2) is 11.0 Å². The number of anilines is 2. The van der Waals surface area contributed by atoms with Crippen molar-refractivity contribution in [3.05, 3.63) is 12.1 Å². The number of benzene rings is 1. The first kappa shape index (κ1) is 10.3. The lowest BCUT2D eigenvalue weighted by Crippen LogP contribution is -2.43. The van der Waals surface area contributed by atoms with Crippen LogP contribution in [0.25, 0.3) is 11.0 Å². The van der Waals surface area contributed by atoms with Gasteiger partial charge in [-0.3, -0.25) is 0 Å². The van der Waals surface area contributed by atoms with Gasteiger partial charge in [-0.25, -0.2) is 4.63 Å². The van der Waals surface area contributed by atoms with E-state index in [1.165, 1.54) is 0 Å². The van der Waals surface area contributed by atoms with Gasteiger partial charge in [0.2, 0.25) is 0 Å². The Bertz CT molecular complexity index is 539. The average Bonchev–Trinajstić information content (AvgIpc) is 2.81. The van der Waals surface area contributed by atoms with E-state index in [0.717, 1.165) is 31.0 Å². The van der Waals surface area contributed by atoms with Crippen LogP contribution in [0.1, 0.15) is 6.92 Å². The number of ether oxygens (including phenoxy) is 1.